The van der Waals surface area contributed by atoms with Crippen LogP contribution in [-0.4, -0.2) is 35.9 Å². The minimum atomic E-state index is -0.331. The van der Waals surface area contributed by atoms with E-state index < -0.39 is 0 Å². The smallest absolute Gasteiger partial charge is 0.247 e. The van der Waals surface area contributed by atoms with E-state index >= 15 is 0 Å². The summed E-state index contributed by atoms with van der Waals surface area (Å²) in [5.74, 6) is 3.24. The van der Waals surface area contributed by atoms with Crippen molar-refractivity contribution in [1.82, 2.24) is 4.90 Å². The number of carbonyl (C=O) groups excluding carboxylic acids is 2. The summed E-state index contributed by atoms with van der Waals surface area (Å²) in [6.07, 6.45) is 8.84. The fraction of sp³-hybridized carbons (Fsp3) is 0.667. The monoisotopic (exact) mass is 396 g/mol. The van der Waals surface area contributed by atoms with Gasteiger partial charge in [0, 0.05) is 12.2 Å². The van der Waals surface area contributed by atoms with Crippen LogP contribution in [0.25, 0.3) is 0 Å². The molecule has 1 atom stereocenters. The van der Waals surface area contributed by atoms with Gasteiger partial charge in [-0.05, 0) is 100 Å². The van der Waals surface area contributed by atoms with Gasteiger partial charge in [0.1, 0.15) is 11.8 Å². The van der Waals surface area contributed by atoms with E-state index in [0.717, 1.165) is 67.8 Å². The lowest BCUT2D eigenvalue weighted by molar-refractivity contribution is -0.160. The highest BCUT2D eigenvalue weighted by molar-refractivity contribution is 5.98. The van der Waals surface area contributed by atoms with Gasteiger partial charge in [0.15, 0.2) is 0 Å². The third-order valence-electron chi connectivity index (χ3n) is 7.74. The molecule has 1 heterocycles. The van der Waals surface area contributed by atoms with Crippen LogP contribution in [-0.2, 0) is 9.59 Å². The van der Waals surface area contributed by atoms with E-state index in [1.165, 1.54) is 19.3 Å². The van der Waals surface area contributed by atoms with E-state index in [-0.39, 0.29) is 23.3 Å². The molecule has 1 aromatic carbocycles. The molecule has 1 N–H and O–H groups in total. The number of nitrogens with zero attached hydrogens (tertiary/aromatic N) is 1. The second-order valence-electron chi connectivity index (χ2n) is 9.80. The zero-order chi connectivity index (χ0) is 20.0. The first-order chi connectivity index (χ1) is 14.1. The molecule has 5 aliphatic rings. The average molecular weight is 397 g/mol. The van der Waals surface area contributed by atoms with Crippen molar-refractivity contribution in [3.05, 3.63) is 24.3 Å². The van der Waals surface area contributed by atoms with E-state index in [0.29, 0.717) is 6.61 Å². The molecule has 5 heteroatoms. The van der Waals surface area contributed by atoms with Crippen LogP contribution in [0.3, 0.4) is 0 Å². The van der Waals surface area contributed by atoms with Gasteiger partial charge in [-0.2, -0.15) is 0 Å². The molecule has 0 unspecified atom stereocenters. The van der Waals surface area contributed by atoms with Gasteiger partial charge in [0.2, 0.25) is 11.8 Å². The number of hydrogen-bond acceptors (Lipinski definition) is 3. The predicted octanol–water partition coefficient (Wildman–Crippen LogP) is 4.23. The summed E-state index contributed by atoms with van der Waals surface area (Å²) in [4.78, 5) is 28.7. The molecule has 4 aliphatic carbocycles. The lowest BCUT2D eigenvalue weighted by atomic mass is 9.49. The molecule has 5 nitrogen and oxygen atoms in total. The van der Waals surface area contributed by atoms with Crippen LogP contribution >= 0.6 is 0 Å². The van der Waals surface area contributed by atoms with Crippen molar-refractivity contribution in [3.63, 3.8) is 0 Å². The maximum absolute atomic E-state index is 13.7. The minimum Gasteiger partial charge on any atom is -0.494 e. The number of nitrogens with one attached hydrogen (secondary N) is 1. The second kappa shape index (κ2) is 7.33. The SMILES string of the molecule is CCOc1ccc(NC(=O)[C@H]2CCCN2C(=O)C23CC4CC(CC(C4)C2)C3)cc1. The first-order valence-corrected chi connectivity index (χ1v) is 11.4. The molecule has 0 radical (unpaired) electrons. The largest absolute Gasteiger partial charge is 0.494 e. The molecule has 0 aromatic heterocycles. The molecule has 0 spiro atoms. The highest BCUT2D eigenvalue weighted by atomic mass is 16.5. The van der Waals surface area contributed by atoms with Crippen LogP contribution in [0.1, 0.15) is 58.3 Å². The van der Waals surface area contributed by atoms with Gasteiger partial charge < -0.3 is 15.0 Å². The lowest BCUT2D eigenvalue weighted by Gasteiger charge is -2.56. The van der Waals surface area contributed by atoms with Gasteiger partial charge in [-0.3, -0.25) is 9.59 Å². The highest BCUT2D eigenvalue weighted by Gasteiger charge is 2.56. The fourth-order valence-electron chi connectivity index (χ4n) is 6.99. The minimum absolute atomic E-state index is 0.0512. The normalized spacial score (nSPS) is 35.0. The molecular formula is C24H32N2O3. The Balaban J connectivity index is 1.28. The Hall–Kier alpha value is -2.04. The van der Waals surface area contributed by atoms with Crippen LogP contribution in [0.5, 0.6) is 5.75 Å². The molecule has 1 saturated heterocycles. The molecule has 1 aliphatic heterocycles. The van der Waals surface area contributed by atoms with Crippen LogP contribution in [0, 0.1) is 23.2 Å². The summed E-state index contributed by atoms with van der Waals surface area (Å²) in [6.45, 7) is 3.29. The molecule has 156 valence electrons. The maximum atomic E-state index is 13.7. The van der Waals surface area contributed by atoms with Crippen molar-refractivity contribution in [2.45, 2.75) is 64.3 Å². The van der Waals surface area contributed by atoms with E-state index in [4.69, 9.17) is 4.74 Å². The Morgan fingerprint density at radius 1 is 1.07 bits per heavy atom. The van der Waals surface area contributed by atoms with Gasteiger partial charge in [-0.15, -0.1) is 0 Å². The summed E-state index contributed by atoms with van der Waals surface area (Å²) >= 11 is 0. The number of hydrogen-bond donors (Lipinski definition) is 1. The number of ether oxygens (including phenoxy) is 1. The number of benzene rings is 1. The standard InChI is InChI=1S/C24H32N2O3/c1-2-29-20-7-5-19(6-8-20)25-22(27)21-4-3-9-26(21)23(28)24-13-16-10-17(14-24)12-18(11-16)15-24/h5-8,16-18,21H,2-4,9-15H2,1H3,(H,25,27)/t16?,17?,18?,21-,24?/m1/s1. The zero-order valence-electron chi connectivity index (χ0n) is 17.4. The number of rotatable bonds is 5. The van der Waals surface area contributed by atoms with Gasteiger partial charge >= 0.3 is 0 Å². The summed E-state index contributed by atoms with van der Waals surface area (Å²) in [5.41, 5.74) is 0.587. The Morgan fingerprint density at radius 2 is 1.69 bits per heavy atom. The van der Waals surface area contributed by atoms with Crippen molar-refractivity contribution >= 4 is 17.5 Å². The van der Waals surface area contributed by atoms with E-state index in [1.54, 1.807) is 0 Å². The van der Waals surface area contributed by atoms with Crippen LogP contribution in [0.4, 0.5) is 5.69 Å². The zero-order valence-corrected chi connectivity index (χ0v) is 17.4. The van der Waals surface area contributed by atoms with Crippen molar-refractivity contribution in [3.8, 4) is 5.75 Å². The van der Waals surface area contributed by atoms with E-state index in [9.17, 15) is 9.59 Å². The number of likely N-dealkylation sites (tertiary alicyclic amines) is 1. The molecule has 29 heavy (non-hydrogen) atoms. The molecule has 4 bridgehead atoms. The Kier molecular flexibility index (Phi) is 4.79. The van der Waals surface area contributed by atoms with Crippen molar-refractivity contribution in [2.75, 3.05) is 18.5 Å². The van der Waals surface area contributed by atoms with E-state index in [2.05, 4.69) is 5.32 Å². The Morgan fingerprint density at radius 3 is 2.28 bits per heavy atom. The number of anilines is 1. The summed E-state index contributed by atoms with van der Waals surface area (Å²) in [5, 5.41) is 3.02. The van der Waals surface area contributed by atoms with Gasteiger partial charge in [0.05, 0.1) is 12.0 Å². The predicted molar refractivity (Wildman–Crippen MR) is 112 cm³/mol. The molecule has 4 saturated carbocycles. The topological polar surface area (TPSA) is 58.6 Å². The molecule has 5 fully saturated rings. The molecule has 6 rings (SSSR count). The van der Waals surface area contributed by atoms with Crippen LogP contribution in [0.15, 0.2) is 24.3 Å². The van der Waals surface area contributed by atoms with Gasteiger partial charge in [-0.25, -0.2) is 0 Å². The molecular weight excluding hydrogens is 364 g/mol. The average Bonchev–Trinajstić information content (AvgIpc) is 3.18. The number of amides is 2. The quantitative estimate of drug-likeness (QED) is 0.810. The van der Waals surface area contributed by atoms with Crippen LogP contribution in [0.2, 0.25) is 0 Å². The molecule has 1 aromatic rings. The van der Waals surface area contributed by atoms with E-state index in [1.807, 2.05) is 36.1 Å². The third-order valence-corrected chi connectivity index (χ3v) is 7.74. The lowest BCUT2D eigenvalue weighted by Crippen LogP contribution is -2.56. The molecule has 2 amide bonds. The summed E-state index contributed by atoms with van der Waals surface area (Å²) < 4.78 is 5.47. The highest BCUT2D eigenvalue weighted by Crippen LogP contribution is 2.60. The Bertz CT molecular complexity index is 753. The maximum Gasteiger partial charge on any atom is 0.247 e. The third kappa shape index (κ3) is 3.43. The first-order valence-electron chi connectivity index (χ1n) is 11.4. The number of carbonyl (C=O) groups is 2. The van der Waals surface area contributed by atoms with Crippen LogP contribution < -0.4 is 10.1 Å². The van der Waals surface area contributed by atoms with Crippen molar-refractivity contribution < 1.29 is 14.3 Å². The van der Waals surface area contributed by atoms with Crippen molar-refractivity contribution in [1.29, 1.82) is 0 Å². The Labute approximate surface area is 173 Å². The van der Waals surface area contributed by atoms with Gasteiger partial charge in [-0.1, -0.05) is 0 Å². The van der Waals surface area contributed by atoms with Crippen molar-refractivity contribution in [2.24, 2.45) is 23.2 Å². The first kappa shape index (κ1) is 19.0. The summed E-state index contributed by atoms with van der Waals surface area (Å²) in [7, 11) is 0. The second-order valence-corrected chi connectivity index (χ2v) is 9.80. The van der Waals surface area contributed by atoms with Gasteiger partial charge in [0.25, 0.3) is 0 Å². The fourth-order valence-corrected chi connectivity index (χ4v) is 6.99. The summed E-state index contributed by atoms with van der Waals surface area (Å²) in [6, 6.07) is 7.13.